The van der Waals surface area contributed by atoms with Crippen molar-refractivity contribution in [3.63, 3.8) is 0 Å². The first-order valence-electron chi connectivity index (χ1n) is 5.94. The highest BCUT2D eigenvalue weighted by Gasteiger charge is 2.30. The molecular weight excluding hydrogens is 243 g/mol. The maximum atomic E-state index is 12.5. The molecule has 0 aromatic heterocycles. The average Bonchev–Trinajstić information content (AvgIpc) is 2.33. The van der Waals surface area contributed by atoms with Crippen molar-refractivity contribution < 1.29 is 18.3 Å². The highest BCUT2D eigenvalue weighted by Crippen LogP contribution is 2.29. The van der Waals surface area contributed by atoms with Crippen molar-refractivity contribution in [2.45, 2.75) is 32.0 Å². The summed E-state index contributed by atoms with van der Waals surface area (Å²) in [5, 5.41) is 11.7. The Morgan fingerprint density at radius 2 is 2.06 bits per heavy atom. The molecular formula is C13H18F3NO. The lowest BCUT2D eigenvalue weighted by Crippen LogP contribution is -2.29. The molecule has 1 aromatic rings. The summed E-state index contributed by atoms with van der Waals surface area (Å²) in [6, 6.07) is 5.58. The number of nitrogens with one attached hydrogen (secondary N) is 1. The van der Waals surface area contributed by atoms with Crippen LogP contribution >= 0.6 is 0 Å². The number of aliphatic hydroxyl groups is 1. The van der Waals surface area contributed by atoms with Gasteiger partial charge in [0.25, 0.3) is 0 Å². The molecule has 0 fully saturated rings. The number of aliphatic hydroxyl groups excluding tert-OH is 1. The fourth-order valence-electron chi connectivity index (χ4n) is 1.70. The van der Waals surface area contributed by atoms with Crippen LogP contribution < -0.4 is 5.32 Å². The van der Waals surface area contributed by atoms with E-state index in [2.05, 4.69) is 5.32 Å². The molecule has 1 rings (SSSR count). The summed E-state index contributed by atoms with van der Waals surface area (Å²) in [4.78, 5) is 0. The van der Waals surface area contributed by atoms with E-state index in [1.807, 2.05) is 6.92 Å². The van der Waals surface area contributed by atoms with Gasteiger partial charge in [-0.2, -0.15) is 13.2 Å². The minimum Gasteiger partial charge on any atom is -0.395 e. The molecule has 2 nitrogen and oxygen atoms in total. The van der Waals surface area contributed by atoms with Gasteiger partial charge in [-0.3, -0.25) is 0 Å². The van der Waals surface area contributed by atoms with Gasteiger partial charge in [0.1, 0.15) is 0 Å². The predicted octanol–water partition coefficient (Wildman–Crippen LogP) is 2.61. The SMILES string of the molecule is CC(CCc1cccc(C(F)(F)F)c1)NCCO. The van der Waals surface area contributed by atoms with E-state index in [-0.39, 0.29) is 12.6 Å². The van der Waals surface area contributed by atoms with Crippen molar-refractivity contribution in [1.82, 2.24) is 5.32 Å². The Morgan fingerprint density at radius 1 is 1.33 bits per heavy atom. The Balaban J connectivity index is 2.52. The lowest BCUT2D eigenvalue weighted by Gasteiger charge is -2.13. The van der Waals surface area contributed by atoms with Gasteiger partial charge in [-0.1, -0.05) is 18.2 Å². The quantitative estimate of drug-likeness (QED) is 0.825. The van der Waals surface area contributed by atoms with E-state index in [0.717, 1.165) is 12.5 Å². The lowest BCUT2D eigenvalue weighted by molar-refractivity contribution is -0.137. The Kier molecular flexibility index (Phi) is 5.62. The van der Waals surface area contributed by atoms with E-state index >= 15 is 0 Å². The summed E-state index contributed by atoms with van der Waals surface area (Å²) in [6.07, 6.45) is -2.96. The summed E-state index contributed by atoms with van der Waals surface area (Å²) < 4.78 is 37.5. The maximum Gasteiger partial charge on any atom is 0.416 e. The average molecular weight is 261 g/mol. The molecule has 18 heavy (non-hydrogen) atoms. The van der Waals surface area contributed by atoms with Crippen molar-refractivity contribution in [2.24, 2.45) is 0 Å². The summed E-state index contributed by atoms with van der Waals surface area (Å²) in [7, 11) is 0. The molecule has 0 spiro atoms. The second kappa shape index (κ2) is 6.75. The topological polar surface area (TPSA) is 32.3 Å². The highest BCUT2D eigenvalue weighted by atomic mass is 19.4. The third-order valence-electron chi connectivity index (χ3n) is 2.72. The van der Waals surface area contributed by atoms with Crippen LogP contribution in [0.4, 0.5) is 13.2 Å². The first-order valence-corrected chi connectivity index (χ1v) is 5.94. The molecule has 0 aliphatic carbocycles. The second-order valence-electron chi connectivity index (χ2n) is 4.32. The van der Waals surface area contributed by atoms with Crippen molar-refractivity contribution in [1.29, 1.82) is 0 Å². The standard InChI is InChI=1S/C13H18F3NO/c1-10(17-7-8-18)5-6-11-3-2-4-12(9-11)13(14,15)16/h2-4,9-10,17-18H,5-8H2,1H3. The summed E-state index contributed by atoms with van der Waals surface area (Å²) in [5.74, 6) is 0. The molecule has 2 N–H and O–H groups in total. The highest BCUT2D eigenvalue weighted by molar-refractivity contribution is 5.25. The minimum absolute atomic E-state index is 0.0634. The van der Waals surface area contributed by atoms with E-state index in [1.54, 1.807) is 6.07 Å². The molecule has 0 aliphatic heterocycles. The number of rotatable bonds is 6. The molecule has 0 saturated carbocycles. The first kappa shape index (κ1) is 15.0. The number of hydrogen-bond donors (Lipinski definition) is 2. The fraction of sp³-hybridized carbons (Fsp3) is 0.538. The third kappa shape index (κ3) is 5.06. The number of alkyl halides is 3. The Morgan fingerprint density at radius 3 is 2.67 bits per heavy atom. The van der Waals surface area contributed by atoms with Gasteiger partial charge in [0.05, 0.1) is 12.2 Å². The normalized spacial score (nSPS) is 13.6. The molecule has 0 radical (unpaired) electrons. The lowest BCUT2D eigenvalue weighted by atomic mass is 10.0. The van der Waals surface area contributed by atoms with Crippen molar-refractivity contribution >= 4 is 0 Å². The molecule has 102 valence electrons. The zero-order valence-corrected chi connectivity index (χ0v) is 10.3. The number of halogens is 3. The number of benzene rings is 1. The summed E-state index contributed by atoms with van der Waals surface area (Å²) in [5.41, 5.74) is 0.0819. The van der Waals surface area contributed by atoms with Crippen LogP contribution in [-0.4, -0.2) is 24.3 Å². The second-order valence-corrected chi connectivity index (χ2v) is 4.32. The van der Waals surface area contributed by atoms with Gasteiger partial charge in [-0.25, -0.2) is 0 Å². The van der Waals surface area contributed by atoms with Gasteiger partial charge in [0.15, 0.2) is 0 Å². The zero-order valence-electron chi connectivity index (χ0n) is 10.3. The van der Waals surface area contributed by atoms with Gasteiger partial charge < -0.3 is 10.4 Å². The Hall–Kier alpha value is -1.07. The fourth-order valence-corrected chi connectivity index (χ4v) is 1.70. The monoisotopic (exact) mass is 261 g/mol. The van der Waals surface area contributed by atoms with Crippen LogP contribution in [0.2, 0.25) is 0 Å². The molecule has 0 bridgehead atoms. The van der Waals surface area contributed by atoms with Crippen LogP contribution in [0.5, 0.6) is 0 Å². The van der Waals surface area contributed by atoms with Crippen LogP contribution in [0.3, 0.4) is 0 Å². The van der Waals surface area contributed by atoms with Gasteiger partial charge in [0, 0.05) is 12.6 Å². The molecule has 1 unspecified atom stereocenters. The van der Waals surface area contributed by atoms with Gasteiger partial charge in [0.2, 0.25) is 0 Å². The van der Waals surface area contributed by atoms with E-state index in [0.29, 0.717) is 18.5 Å². The van der Waals surface area contributed by atoms with Crippen LogP contribution in [0.25, 0.3) is 0 Å². The van der Waals surface area contributed by atoms with Gasteiger partial charge in [-0.05, 0) is 31.4 Å². The van der Waals surface area contributed by atoms with Crippen LogP contribution in [0.1, 0.15) is 24.5 Å². The molecule has 0 heterocycles. The Labute approximate surface area is 105 Å². The zero-order chi connectivity index (χ0) is 13.6. The van der Waals surface area contributed by atoms with Crippen LogP contribution in [-0.2, 0) is 12.6 Å². The van der Waals surface area contributed by atoms with Crippen molar-refractivity contribution in [3.8, 4) is 0 Å². The van der Waals surface area contributed by atoms with E-state index in [1.165, 1.54) is 12.1 Å². The number of aryl methyl sites for hydroxylation is 1. The first-order chi connectivity index (χ1) is 8.43. The van der Waals surface area contributed by atoms with Crippen molar-refractivity contribution in [2.75, 3.05) is 13.2 Å². The van der Waals surface area contributed by atoms with Crippen LogP contribution in [0.15, 0.2) is 24.3 Å². The summed E-state index contributed by atoms with van der Waals surface area (Å²) in [6.45, 7) is 2.51. The van der Waals surface area contributed by atoms with Gasteiger partial charge in [-0.15, -0.1) is 0 Å². The molecule has 1 atom stereocenters. The molecule has 0 saturated heterocycles. The molecule has 0 aliphatic rings. The van der Waals surface area contributed by atoms with Gasteiger partial charge >= 0.3 is 6.18 Å². The Bertz CT molecular complexity index is 365. The van der Waals surface area contributed by atoms with Crippen molar-refractivity contribution in [3.05, 3.63) is 35.4 Å². The van der Waals surface area contributed by atoms with E-state index in [9.17, 15) is 13.2 Å². The maximum absolute atomic E-state index is 12.5. The largest absolute Gasteiger partial charge is 0.416 e. The third-order valence-corrected chi connectivity index (χ3v) is 2.72. The van der Waals surface area contributed by atoms with Crippen LogP contribution in [0, 0.1) is 0 Å². The molecule has 1 aromatic carbocycles. The molecule has 0 amide bonds. The minimum atomic E-state index is -4.28. The predicted molar refractivity (Wildman–Crippen MR) is 64.3 cm³/mol. The number of hydrogen-bond acceptors (Lipinski definition) is 2. The summed E-state index contributed by atoms with van der Waals surface area (Å²) >= 11 is 0. The van der Waals surface area contributed by atoms with E-state index in [4.69, 9.17) is 5.11 Å². The van der Waals surface area contributed by atoms with E-state index < -0.39 is 11.7 Å². The molecule has 5 heteroatoms. The smallest absolute Gasteiger partial charge is 0.395 e.